The monoisotopic (exact) mass is 406 g/mol. The summed E-state index contributed by atoms with van der Waals surface area (Å²) in [7, 11) is 0. The van der Waals surface area contributed by atoms with E-state index >= 15 is 0 Å². The van der Waals surface area contributed by atoms with Crippen molar-refractivity contribution in [2.75, 3.05) is 18.5 Å². The van der Waals surface area contributed by atoms with Crippen LogP contribution in [0.3, 0.4) is 0 Å². The lowest BCUT2D eigenvalue weighted by Gasteiger charge is -2.22. The highest BCUT2D eigenvalue weighted by Crippen LogP contribution is 2.23. The van der Waals surface area contributed by atoms with Crippen molar-refractivity contribution in [3.05, 3.63) is 51.2 Å². The fraction of sp³-hybridized carbons (Fsp3) is 0.316. The van der Waals surface area contributed by atoms with Crippen LogP contribution < -0.4 is 5.32 Å². The first-order valence-electron chi connectivity index (χ1n) is 8.53. The van der Waals surface area contributed by atoms with Crippen molar-refractivity contribution >= 4 is 46.4 Å². The van der Waals surface area contributed by atoms with Gasteiger partial charge >= 0.3 is 5.97 Å². The fourth-order valence-corrected chi connectivity index (χ4v) is 3.89. The molecular weight excluding hydrogens is 388 g/mol. The van der Waals surface area contributed by atoms with E-state index in [2.05, 4.69) is 5.32 Å². The van der Waals surface area contributed by atoms with Crippen LogP contribution in [-0.4, -0.2) is 41.9 Å². The lowest BCUT2D eigenvalue weighted by Crippen LogP contribution is -2.41. The Balaban J connectivity index is 1.55. The van der Waals surface area contributed by atoms with Crippen molar-refractivity contribution in [2.45, 2.75) is 25.8 Å². The molecule has 1 aromatic heterocycles. The molecule has 6 nitrogen and oxygen atoms in total. The number of likely N-dealkylation sites (tertiary alicyclic amines) is 1. The van der Waals surface area contributed by atoms with Gasteiger partial charge in [-0.2, -0.15) is 0 Å². The summed E-state index contributed by atoms with van der Waals surface area (Å²) < 4.78 is 5.15. The summed E-state index contributed by atoms with van der Waals surface area (Å²) in [5.41, 5.74) is 1.42. The molecule has 0 bridgehead atoms. The highest BCUT2D eigenvalue weighted by molar-refractivity contribution is 7.12. The van der Waals surface area contributed by atoms with Gasteiger partial charge in [0.15, 0.2) is 6.61 Å². The lowest BCUT2D eigenvalue weighted by atomic mass is 10.2. The van der Waals surface area contributed by atoms with E-state index < -0.39 is 24.5 Å². The number of carbonyl (C=O) groups is 3. The number of benzene rings is 1. The van der Waals surface area contributed by atoms with Crippen LogP contribution in [0.15, 0.2) is 35.7 Å². The molecule has 142 valence electrons. The second kappa shape index (κ2) is 8.54. The van der Waals surface area contributed by atoms with E-state index in [0.29, 0.717) is 28.6 Å². The van der Waals surface area contributed by atoms with E-state index in [4.69, 9.17) is 16.3 Å². The maximum absolute atomic E-state index is 12.5. The zero-order chi connectivity index (χ0) is 19.4. The number of nitrogens with zero attached hydrogens (tertiary/aromatic N) is 1. The van der Waals surface area contributed by atoms with Gasteiger partial charge in [-0.05, 0) is 55.0 Å². The number of esters is 1. The summed E-state index contributed by atoms with van der Waals surface area (Å²) in [6.45, 7) is 1.92. The molecule has 1 aromatic carbocycles. The number of rotatable bonds is 5. The molecule has 0 spiro atoms. The number of carbonyl (C=O) groups excluding carboxylic acids is 3. The Morgan fingerprint density at radius 1 is 1.33 bits per heavy atom. The predicted molar refractivity (Wildman–Crippen MR) is 104 cm³/mol. The third-order valence-corrected chi connectivity index (χ3v) is 5.42. The first-order valence-corrected chi connectivity index (χ1v) is 9.78. The normalized spacial score (nSPS) is 16.2. The lowest BCUT2D eigenvalue weighted by molar-refractivity contribution is -0.151. The standard InChI is InChI=1S/C19H19ClN2O4S/c1-12-10-13(20)6-7-14(12)21-17(23)11-26-19(25)15-4-2-8-22(15)18(24)16-5-3-9-27-16/h3,5-7,9-10,15H,2,4,8,11H2,1H3,(H,21,23)/t15-/m0/s1. The Morgan fingerprint density at radius 2 is 2.15 bits per heavy atom. The van der Waals surface area contributed by atoms with Gasteiger partial charge in [0, 0.05) is 17.3 Å². The zero-order valence-corrected chi connectivity index (χ0v) is 16.3. The Morgan fingerprint density at radius 3 is 2.85 bits per heavy atom. The van der Waals surface area contributed by atoms with Gasteiger partial charge in [0.1, 0.15) is 6.04 Å². The molecule has 1 atom stereocenters. The zero-order valence-electron chi connectivity index (χ0n) is 14.7. The molecule has 3 rings (SSSR count). The van der Waals surface area contributed by atoms with Gasteiger partial charge in [0.2, 0.25) is 0 Å². The number of thiophene rings is 1. The smallest absolute Gasteiger partial charge is 0.329 e. The van der Waals surface area contributed by atoms with Gasteiger partial charge < -0.3 is 15.0 Å². The minimum Gasteiger partial charge on any atom is -0.454 e. The molecule has 2 heterocycles. The van der Waals surface area contributed by atoms with Crippen LogP contribution in [0.4, 0.5) is 5.69 Å². The highest BCUT2D eigenvalue weighted by Gasteiger charge is 2.36. The molecule has 2 aromatic rings. The number of anilines is 1. The first-order chi connectivity index (χ1) is 13.0. The Bertz CT molecular complexity index is 853. The molecule has 2 amide bonds. The Hall–Kier alpha value is -2.38. The van der Waals surface area contributed by atoms with E-state index in [1.807, 2.05) is 12.3 Å². The minimum atomic E-state index is -0.648. The molecule has 1 fully saturated rings. The molecule has 1 N–H and O–H groups in total. The molecule has 0 aliphatic carbocycles. The van der Waals surface area contributed by atoms with Crippen molar-refractivity contribution in [1.82, 2.24) is 4.90 Å². The van der Waals surface area contributed by atoms with E-state index in [9.17, 15) is 14.4 Å². The summed E-state index contributed by atoms with van der Waals surface area (Å²) in [6, 6.07) is 7.97. The van der Waals surface area contributed by atoms with Crippen LogP contribution in [-0.2, 0) is 14.3 Å². The maximum Gasteiger partial charge on any atom is 0.329 e. The number of amides is 2. The molecular formula is C19H19ClN2O4S. The van der Waals surface area contributed by atoms with Gasteiger partial charge in [0.05, 0.1) is 4.88 Å². The maximum atomic E-state index is 12.5. The van der Waals surface area contributed by atoms with Crippen LogP contribution in [0.1, 0.15) is 28.1 Å². The van der Waals surface area contributed by atoms with Crippen LogP contribution in [0.5, 0.6) is 0 Å². The van der Waals surface area contributed by atoms with Gasteiger partial charge in [-0.25, -0.2) is 4.79 Å². The third-order valence-electron chi connectivity index (χ3n) is 4.33. The number of halogens is 1. The van der Waals surface area contributed by atoms with E-state index in [1.165, 1.54) is 16.2 Å². The summed E-state index contributed by atoms with van der Waals surface area (Å²) in [4.78, 5) is 39.1. The topological polar surface area (TPSA) is 75.7 Å². The van der Waals surface area contributed by atoms with E-state index in [0.717, 1.165) is 12.0 Å². The largest absolute Gasteiger partial charge is 0.454 e. The van der Waals surface area contributed by atoms with Gasteiger partial charge in [-0.3, -0.25) is 9.59 Å². The van der Waals surface area contributed by atoms with Crippen molar-refractivity contribution in [3.63, 3.8) is 0 Å². The van der Waals surface area contributed by atoms with Gasteiger partial charge in [-0.15, -0.1) is 11.3 Å². The molecule has 1 saturated heterocycles. The summed E-state index contributed by atoms with van der Waals surface area (Å²) in [6.07, 6.45) is 1.26. The minimum absolute atomic E-state index is 0.175. The summed E-state index contributed by atoms with van der Waals surface area (Å²) >= 11 is 7.23. The summed E-state index contributed by atoms with van der Waals surface area (Å²) in [5, 5.41) is 5.08. The van der Waals surface area contributed by atoms with E-state index in [-0.39, 0.29) is 5.91 Å². The molecule has 27 heavy (non-hydrogen) atoms. The number of nitrogens with one attached hydrogen (secondary N) is 1. The van der Waals surface area contributed by atoms with Crippen molar-refractivity contribution in [2.24, 2.45) is 0 Å². The molecule has 1 aliphatic rings. The van der Waals surface area contributed by atoms with Crippen molar-refractivity contribution in [3.8, 4) is 0 Å². The summed E-state index contributed by atoms with van der Waals surface area (Å²) in [5.74, 6) is -1.17. The van der Waals surface area contributed by atoms with Crippen LogP contribution in [0.25, 0.3) is 0 Å². The number of ether oxygens (including phenoxy) is 1. The van der Waals surface area contributed by atoms with Crippen LogP contribution in [0.2, 0.25) is 5.02 Å². The fourth-order valence-electron chi connectivity index (χ4n) is 2.98. The first kappa shape index (κ1) is 19.4. The van der Waals surface area contributed by atoms with Crippen molar-refractivity contribution < 1.29 is 19.1 Å². The highest BCUT2D eigenvalue weighted by atomic mass is 35.5. The second-order valence-electron chi connectivity index (χ2n) is 6.25. The molecule has 0 radical (unpaired) electrons. The number of aryl methyl sites for hydroxylation is 1. The van der Waals surface area contributed by atoms with Crippen LogP contribution in [0, 0.1) is 6.92 Å². The third kappa shape index (κ3) is 4.67. The SMILES string of the molecule is Cc1cc(Cl)ccc1NC(=O)COC(=O)[C@@H]1CCCN1C(=O)c1cccs1. The molecule has 0 saturated carbocycles. The second-order valence-corrected chi connectivity index (χ2v) is 7.63. The predicted octanol–water partition coefficient (Wildman–Crippen LogP) is 3.50. The number of hydrogen-bond acceptors (Lipinski definition) is 5. The average Bonchev–Trinajstić information content (AvgIpc) is 3.33. The Labute approximate surface area is 166 Å². The van der Waals surface area contributed by atoms with Gasteiger partial charge in [-0.1, -0.05) is 17.7 Å². The quantitative estimate of drug-likeness (QED) is 0.771. The van der Waals surface area contributed by atoms with Gasteiger partial charge in [0.25, 0.3) is 11.8 Å². The average molecular weight is 407 g/mol. The molecule has 1 aliphatic heterocycles. The Kier molecular flexibility index (Phi) is 6.13. The van der Waals surface area contributed by atoms with Crippen LogP contribution >= 0.6 is 22.9 Å². The van der Waals surface area contributed by atoms with Crippen molar-refractivity contribution in [1.29, 1.82) is 0 Å². The molecule has 0 unspecified atom stereocenters. The number of hydrogen-bond donors (Lipinski definition) is 1. The molecule has 8 heteroatoms. The van der Waals surface area contributed by atoms with E-state index in [1.54, 1.807) is 30.3 Å².